The van der Waals surface area contributed by atoms with E-state index in [0.717, 1.165) is 13.0 Å². The van der Waals surface area contributed by atoms with E-state index in [1.54, 1.807) is 0 Å². The molecule has 2 nitrogen and oxygen atoms in total. The van der Waals surface area contributed by atoms with Gasteiger partial charge >= 0.3 is 0 Å². The van der Waals surface area contributed by atoms with Crippen LogP contribution in [0.2, 0.25) is 0 Å². The molecule has 1 atom stereocenters. The van der Waals surface area contributed by atoms with Crippen molar-refractivity contribution in [1.82, 2.24) is 4.90 Å². The molecule has 72 valence electrons. The molecule has 0 aromatic heterocycles. The Labute approximate surface area is 73.9 Å². The van der Waals surface area contributed by atoms with Crippen molar-refractivity contribution < 1.29 is 4.39 Å². The Bertz CT molecular complexity index is 164. The van der Waals surface area contributed by atoms with Crippen LogP contribution in [-0.2, 0) is 0 Å². The minimum atomic E-state index is -0.576. The van der Waals surface area contributed by atoms with Crippen LogP contribution in [0.25, 0.3) is 0 Å². The number of nitrogens with zero attached hydrogens (tertiary/aromatic N) is 1. The minimum absolute atomic E-state index is 0.121. The second kappa shape index (κ2) is 2.96. The van der Waals surface area contributed by atoms with Crippen LogP contribution >= 0.6 is 0 Å². The second-order valence-electron chi connectivity index (χ2n) is 4.84. The zero-order valence-corrected chi connectivity index (χ0v) is 8.23. The lowest BCUT2D eigenvalue weighted by atomic mass is 10.0. The molecule has 1 aliphatic heterocycles. The van der Waals surface area contributed by atoms with Crippen LogP contribution in [0.15, 0.2) is 0 Å². The quantitative estimate of drug-likeness (QED) is 0.646. The summed E-state index contributed by atoms with van der Waals surface area (Å²) in [7, 11) is 0. The van der Waals surface area contributed by atoms with Crippen LogP contribution < -0.4 is 5.73 Å². The molecule has 0 spiro atoms. The van der Waals surface area contributed by atoms with Crippen LogP contribution in [0.4, 0.5) is 4.39 Å². The molecule has 0 amide bonds. The van der Waals surface area contributed by atoms with Gasteiger partial charge in [0.15, 0.2) is 0 Å². The van der Waals surface area contributed by atoms with E-state index in [4.69, 9.17) is 5.73 Å². The van der Waals surface area contributed by atoms with E-state index in [1.165, 1.54) is 0 Å². The number of likely N-dealkylation sites (tertiary alicyclic amines) is 1. The Morgan fingerprint density at radius 2 is 2.08 bits per heavy atom. The standard InChI is InChI=1S/C9H19FN2/c1-8(2,3)12-5-4-9(11,6-10)7-12/h4-7,11H2,1-3H3. The van der Waals surface area contributed by atoms with Crippen LogP contribution in [0, 0.1) is 0 Å². The van der Waals surface area contributed by atoms with Gasteiger partial charge in [-0.1, -0.05) is 0 Å². The average molecular weight is 174 g/mol. The summed E-state index contributed by atoms with van der Waals surface area (Å²) in [6.45, 7) is 7.61. The predicted octanol–water partition coefficient (Wildman–Crippen LogP) is 1.16. The normalized spacial score (nSPS) is 32.8. The number of hydrogen-bond donors (Lipinski definition) is 1. The molecule has 1 aliphatic rings. The molecule has 0 aromatic rings. The first-order valence-electron chi connectivity index (χ1n) is 4.47. The summed E-state index contributed by atoms with van der Waals surface area (Å²) in [5.74, 6) is 0. The van der Waals surface area contributed by atoms with Gasteiger partial charge in [0.1, 0.15) is 6.67 Å². The summed E-state index contributed by atoms with van der Waals surface area (Å²) in [5.41, 5.74) is 5.37. The molecule has 2 N–H and O–H groups in total. The van der Waals surface area contributed by atoms with Gasteiger partial charge < -0.3 is 5.73 Å². The lowest BCUT2D eigenvalue weighted by Gasteiger charge is -2.32. The molecular formula is C9H19FN2. The van der Waals surface area contributed by atoms with Crippen LogP contribution in [-0.4, -0.2) is 35.7 Å². The molecule has 0 saturated carbocycles. The van der Waals surface area contributed by atoms with Gasteiger partial charge in [-0.2, -0.15) is 0 Å². The minimum Gasteiger partial charge on any atom is -0.322 e. The molecular weight excluding hydrogens is 155 g/mol. The molecule has 1 rings (SSSR count). The summed E-state index contributed by atoms with van der Waals surface area (Å²) in [4.78, 5) is 2.24. The van der Waals surface area contributed by atoms with E-state index in [2.05, 4.69) is 25.7 Å². The zero-order chi connectivity index (χ0) is 9.41. The monoisotopic (exact) mass is 174 g/mol. The molecule has 1 fully saturated rings. The van der Waals surface area contributed by atoms with Crippen LogP contribution in [0.3, 0.4) is 0 Å². The molecule has 0 aromatic carbocycles. The Hall–Kier alpha value is -0.150. The van der Waals surface area contributed by atoms with Gasteiger partial charge in [-0.3, -0.25) is 4.90 Å². The second-order valence-corrected chi connectivity index (χ2v) is 4.84. The van der Waals surface area contributed by atoms with E-state index in [9.17, 15) is 4.39 Å². The van der Waals surface area contributed by atoms with Gasteiger partial charge in [-0.05, 0) is 27.2 Å². The number of nitrogens with two attached hydrogens (primary N) is 1. The Morgan fingerprint density at radius 1 is 1.50 bits per heavy atom. The van der Waals surface area contributed by atoms with Gasteiger partial charge in [0.2, 0.25) is 0 Å². The number of alkyl halides is 1. The lowest BCUT2D eigenvalue weighted by molar-refractivity contribution is 0.158. The largest absolute Gasteiger partial charge is 0.322 e. The van der Waals surface area contributed by atoms with Gasteiger partial charge in [0.05, 0.1) is 5.54 Å². The predicted molar refractivity (Wildman–Crippen MR) is 48.8 cm³/mol. The lowest BCUT2D eigenvalue weighted by Crippen LogP contribution is -2.48. The smallest absolute Gasteiger partial charge is 0.109 e. The summed E-state index contributed by atoms with van der Waals surface area (Å²) in [5, 5.41) is 0. The van der Waals surface area contributed by atoms with Gasteiger partial charge in [-0.15, -0.1) is 0 Å². The maximum Gasteiger partial charge on any atom is 0.109 e. The van der Waals surface area contributed by atoms with E-state index in [-0.39, 0.29) is 5.54 Å². The fraction of sp³-hybridized carbons (Fsp3) is 1.00. The highest BCUT2D eigenvalue weighted by atomic mass is 19.1. The summed E-state index contributed by atoms with van der Waals surface area (Å²) < 4.78 is 12.5. The third-order valence-corrected chi connectivity index (χ3v) is 2.60. The van der Waals surface area contributed by atoms with E-state index in [0.29, 0.717) is 6.54 Å². The zero-order valence-electron chi connectivity index (χ0n) is 8.23. The van der Waals surface area contributed by atoms with Crippen molar-refractivity contribution in [3.8, 4) is 0 Å². The van der Waals surface area contributed by atoms with Crippen molar-refractivity contribution in [2.75, 3.05) is 19.8 Å². The highest BCUT2D eigenvalue weighted by Gasteiger charge is 2.38. The first-order chi connectivity index (χ1) is 5.37. The molecule has 1 unspecified atom stereocenters. The Morgan fingerprint density at radius 3 is 2.33 bits per heavy atom. The van der Waals surface area contributed by atoms with Gasteiger partial charge in [0.25, 0.3) is 0 Å². The third-order valence-electron chi connectivity index (χ3n) is 2.60. The molecule has 1 saturated heterocycles. The fourth-order valence-electron chi connectivity index (χ4n) is 1.58. The Kier molecular flexibility index (Phi) is 2.45. The number of hydrogen-bond acceptors (Lipinski definition) is 2. The first kappa shape index (κ1) is 9.93. The maximum atomic E-state index is 12.5. The average Bonchev–Trinajstić information content (AvgIpc) is 2.32. The van der Waals surface area contributed by atoms with Crippen molar-refractivity contribution in [1.29, 1.82) is 0 Å². The SMILES string of the molecule is CC(C)(C)N1CCC(N)(CF)C1. The van der Waals surface area contributed by atoms with Crippen molar-refractivity contribution in [2.24, 2.45) is 5.73 Å². The maximum absolute atomic E-state index is 12.5. The highest BCUT2D eigenvalue weighted by molar-refractivity contribution is 4.97. The van der Waals surface area contributed by atoms with Crippen molar-refractivity contribution >= 4 is 0 Å². The topological polar surface area (TPSA) is 29.3 Å². The third kappa shape index (κ3) is 1.96. The van der Waals surface area contributed by atoms with Crippen LogP contribution in [0.1, 0.15) is 27.2 Å². The number of rotatable bonds is 1. The fourth-order valence-corrected chi connectivity index (χ4v) is 1.58. The van der Waals surface area contributed by atoms with E-state index < -0.39 is 12.2 Å². The summed E-state index contributed by atoms with van der Waals surface area (Å²) >= 11 is 0. The Balaban J connectivity index is 2.57. The van der Waals surface area contributed by atoms with Crippen molar-refractivity contribution in [2.45, 2.75) is 38.3 Å². The van der Waals surface area contributed by atoms with Crippen LogP contribution in [0.5, 0.6) is 0 Å². The summed E-state index contributed by atoms with van der Waals surface area (Å²) in [6.07, 6.45) is 0.779. The van der Waals surface area contributed by atoms with Crippen molar-refractivity contribution in [3.63, 3.8) is 0 Å². The molecule has 0 aliphatic carbocycles. The van der Waals surface area contributed by atoms with Gasteiger partial charge in [0, 0.05) is 18.6 Å². The van der Waals surface area contributed by atoms with Gasteiger partial charge in [-0.25, -0.2) is 4.39 Å². The molecule has 0 bridgehead atoms. The van der Waals surface area contributed by atoms with E-state index >= 15 is 0 Å². The summed E-state index contributed by atoms with van der Waals surface area (Å²) in [6, 6.07) is 0. The molecule has 0 radical (unpaired) electrons. The number of halogens is 1. The van der Waals surface area contributed by atoms with Crippen molar-refractivity contribution in [3.05, 3.63) is 0 Å². The van der Waals surface area contributed by atoms with E-state index in [1.807, 2.05) is 0 Å². The first-order valence-corrected chi connectivity index (χ1v) is 4.47. The molecule has 1 heterocycles. The molecule has 12 heavy (non-hydrogen) atoms. The highest BCUT2D eigenvalue weighted by Crippen LogP contribution is 2.25. The molecule has 3 heteroatoms.